The van der Waals surface area contributed by atoms with Crippen LogP contribution in [-0.2, 0) is 9.53 Å². The van der Waals surface area contributed by atoms with Gasteiger partial charge in [0.1, 0.15) is 6.10 Å². The fourth-order valence-corrected chi connectivity index (χ4v) is 4.00. The van der Waals surface area contributed by atoms with E-state index in [-0.39, 0.29) is 16.0 Å². The van der Waals surface area contributed by atoms with E-state index >= 15 is 0 Å². The Morgan fingerprint density at radius 2 is 1.91 bits per heavy atom. The first-order valence-corrected chi connectivity index (χ1v) is 9.83. The fourth-order valence-electron chi connectivity index (χ4n) is 4.00. The van der Waals surface area contributed by atoms with Gasteiger partial charge in [-0.2, -0.15) is 22.3 Å². The van der Waals surface area contributed by atoms with E-state index in [9.17, 15) is 36.7 Å². The van der Waals surface area contributed by atoms with E-state index in [1.165, 1.54) is 6.92 Å². The lowest BCUT2D eigenvalue weighted by Gasteiger charge is -2.32. The molecule has 2 aromatic rings. The number of ether oxygens (including phenoxy) is 2. The molecule has 0 spiro atoms. The largest absolute Gasteiger partial charge is 0.618 e. The number of alkyl halides is 3. The Morgan fingerprint density at radius 3 is 2.47 bits per heavy atom. The van der Waals surface area contributed by atoms with Gasteiger partial charge in [-0.15, -0.1) is 0 Å². The number of rotatable bonds is 5. The molecule has 184 valence electrons. The summed E-state index contributed by atoms with van der Waals surface area (Å²) in [4.78, 5) is 24.4. The van der Waals surface area contributed by atoms with E-state index in [0.29, 0.717) is 6.07 Å². The second-order valence-corrected chi connectivity index (χ2v) is 7.92. The molecule has 2 amide bonds. The van der Waals surface area contributed by atoms with Crippen molar-refractivity contribution < 1.29 is 45.7 Å². The van der Waals surface area contributed by atoms with Crippen LogP contribution in [0.1, 0.15) is 35.8 Å². The van der Waals surface area contributed by atoms with Crippen molar-refractivity contribution in [3.63, 3.8) is 0 Å². The first-order chi connectivity index (χ1) is 15.7. The molecule has 1 fully saturated rings. The topological polar surface area (TPSA) is 118 Å². The lowest BCUT2D eigenvalue weighted by Crippen LogP contribution is -2.47. The van der Waals surface area contributed by atoms with Crippen molar-refractivity contribution in [3.8, 4) is 5.75 Å². The number of nitrogens with zero attached hydrogens (tertiary/aromatic N) is 1. The van der Waals surface area contributed by atoms with Crippen LogP contribution in [0.15, 0.2) is 30.5 Å². The SMILES string of the molecule is COc1c([C@@H]2[C@@H](C(=O)Nc3cc[n+]([O-])c(C(N)=O)c3)O[C@](C)(C(F)(F)F)[C@@H]2C)ccc(F)c1F. The summed E-state index contributed by atoms with van der Waals surface area (Å²) in [7, 11) is 1.01. The number of anilines is 1. The van der Waals surface area contributed by atoms with Crippen LogP contribution in [-0.4, -0.2) is 36.8 Å². The number of carbonyl (C=O) groups excluding carboxylic acids is 2. The van der Waals surface area contributed by atoms with E-state index in [0.717, 1.165) is 38.4 Å². The zero-order valence-electron chi connectivity index (χ0n) is 18.1. The highest BCUT2D eigenvalue weighted by molar-refractivity contribution is 5.97. The second-order valence-electron chi connectivity index (χ2n) is 7.92. The van der Waals surface area contributed by atoms with E-state index in [1.54, 1.807) is 0 Å². The summed E-state index contributed by atoms with van der Waals surface area (Å²) < 4.78 is 80.2. The third kappa shape index (κ3) is 4.11. The number of hydrogen-bond donors (Lipinski definition) is 2. The van der Waals surface area contributed by atoms with Crippen molar-refractivity contribution in [2.75, 3.05) is 12.4 Å². The Balaban J connectivity index is 2.08. The molecule has 13 heteroatoms. The number of hydrogen-bond acceptors (Lipinski definition) is 5. The Kier molecular flexibility index (Phi) is 6.44. The van der Waals surface area contributed by atoms with E-state index < -0.39 is 64.6 Å². The van der Waals surface area contributed by atoms with E-state index in [1.807, 2.05) is 0 Å². The van der Waals surface area contributed by atoms with Crippen LogP contribution in [0, 0.1) is 22.8 Å². The number of benzene rings is 1. The molecule has 4 atom stereocenters. The molecule has 0 bridgehead atoms. The molecule has 1 saturated heterocycles. The van der Waals surface area contributed by atoms with Gasteiger partial charge in [-0.05, 0) is 13.0 Å². The molecule has 34 heavy (non-hydrogen) atoms. The lowest BCUT2D eigenvalue weighted by molar-refractivity contribution is -0.607. The summed E-state index contributed by atoms with van der Waals surface area (Å²) in [5, 5.41) is 13.9. The number of halogens is 5. The third-order valence-corrected chi connectivity index (χ3v) is 6.01. The molecule has 0 unspecified atom stereocenters. The zero-order valence-corrected chi connectivity index (χ0v) is 18.1. The number of pyridine rings is 1. The summed E-state index contributed by atoms with van der Waals surface area (Å²) in [6.07, 6.45) is -5.90. The van der Waals surface area contributed by atoms with Crippen molar-refractivity contribution in [1.82, 2.24) is 0 Å². The molecular formula is C21H20F5N3O5. The van der Waals surface area contributed by atoms with Crippen LogP contribution < -0.4 is 20.5 Å². The van der Waals surface area contributed by atoms with Crippen molar-refractivity contribution in [2.45, 2.75) is 37.6 Å². The molecule has 0 aliphatic carbocycles. The normalized spacial score (nSPS) is 24.6. The molecule has 1 aliphatic heterocycles. The average Bonchev–Trinajstić information content (AvgIpc) is 3.03. The highest BCUT2D eigenvalue weighted by atomic mass is 19.4. The zero-order chi connectivity index (χ0) is 25.6. The van der Waals surface area contributed by atoms with Crippen LogP contribution in [0.5, 0.6) is 5.75 Å². The van der Waals surface area contributed by atoms with Crippen molar-refractivity contribution >= 4 is 17.5 Å². The van der Waals surface area contributed by atoms with Gasteiger partial charge in [-0.25, -0.2) is 4.39 Å². The average molecular weight is 489 g/mol. The van der Waals surface area contributed by atoms with Crippen LogP contribution in [0.25, 0.3) is 0 Å². The number of aromatic nitrogens is 1. The van der Waals surface area contributed by atoms with Gasteiger partial charge in [0.05, 0.1) is 12.8 Å². The number of primary amides is 1. The second kappa shape index (κ2) is 8.70. The summed E-state index contributed by atoms with van der Waals surface area (Å²) in [5.74, 6) is -8.43. The molecule has 0 radical (unpaired) electrons. The van der Waals surface area contributed by atoms with Crippen LogP contribution >= 0.6 is 0 Å². The molecule has 1 aromatic carbocycles. The van der Waals surface area contributed by atoms with Crippen molar-refractivity contribution in [2.24, 2.45) is 11.7 Å². The minimum absolute atomic E-state index is 0.126. The van der Waals surface area contributed by atoms with Gasteiger partial charge in [-0.1, -0.05) is 13.0 Å². The van der Waals surface area contributed by atoms with E-state index in [4.69, 9.17) is 15.2 Å². The standard InChI is InChI=1S/C21H20F5N3O5/c1-9-14(11-4-5-12(22)15(23)16(11)33-3)17(34-20(9,2)21(24,25)26)19(31)28-10-6-7-29(32)13(8-10)18(27)30/h4-9,14,17H,1-3H3,(H2,27,30)(H,28,31)/t9-,14-,17+,20+/m1/s1. The smallest absolute Gasteiger partial charge is 0.417 e. The Labute approximate surface area is 190 Å². The molecule has 0 saturated carbocycles. The van der Waals surface area contributed by atoms with Gasteiger partial charge < -0.3 is 25.7 Å². The maximum atomic E-state index is 14.4. The molecule has 8 nitrogen and oxygen atoms in total. The van der Waals surface area contributed by atoms with Gasteiger partial charge in [-0.3, -0.25) is 9.59 Å². The first kappa shape index (κ1) is 25.1. The van der Waals surface area contributed by atoms with Crippen LogP contribution in [0.3, 0.4) is 0 Å². The van der Waals surface area contributed by atoms with Crippen molar-refractivity contribution in [1.29, 1.82) is 0 Å². The van der Waals surface area contributed by atoms with Crippen molar-refractivity contribution in [3.05, 3.63) is 58.6 Å². The molecule has 1 aliphatic rings. The fraction of sp³-hybridized carbons (Fsp3) is 0.381. The number of methoxy groups -OCH3 is 1. The maximum absolute atomic E-state index is 14.4. The Bertz CT molecular complexity index is 1140. The minimum atomic E-state index is -4.93. The number of nitrogens with one attached hydrogen (secondary N) is 1. The Hall–Kier alpha value is -3.48. The highest BCUT2D eigenvalue weighted by Crippen LogP contribution is 2.55. The summed E-state index contributed by atoms with van der Waals surface area (Å²) in [6, 6.07) is 3.76. The quantitative estimate of drug-likeness (QED) is 0.381. The number of carbonyl (C=O) groups is 2. The lowest BCUT2D eigenvalue weighted by atomic mass is 9.77. The summed E-state index contributed by atoms with van der Waals surface area (Å²) in [6.45, 7) is 1.92. The predicted molar refractivity (Wildman–Crippen MR) is 107 cm³/mol. The van der Waals surface area contributed by atoms with Gasteiger partial charge in [0.15, 0.2) is 23.4 Å². The Morgan fingerprint density at radius 1 is 1.26 bits per heavy atom. The summed E-state index contributed by atoms with van der Waals surface area (Å²) in [5.41, 5.74) is 1.40. The molecule has 3 rings (SSSR count). The molecular weight excluding hydrogens is 469 g/mol. The molecule has 3 N–H and O–H groups in total. The third-order valence-electron chi connectivity index (χ3n) is 6.01. The number of amides is 2. The van der Waals surface area contributed by atoms with Gasteiger partial charge in [0.2, 0.25) is 5.82 Å². The van der Waals surface area contributed by atoms with E-state index in [2.05, 4.69) is 5.32 Å². The first-order valence-electron chi connectivity index (χ1n) is 9.83. The van der Waals surface area contributed by atoms with Gasteiger partial charge in [0.25, 0.3) is 11.6 Å². The highest BCUT2D eigenvalue weighted by Gasteiger charge is 2.65. The predicted octanol–water partition coefficient (Wildman–Crippen LogP) is 2.78. The van der Waals surface area contributed by atoms with Crippen LogP contribution in [0.2, 0.25) is 0 Å². The maximum Gasteiger partial charge on any atom is 0.417 e. The number of nitrogens with two attached hydrogens (primary N) is 1. The van der Waals surface area contributed by atoms with Crippen LogP contribution in [0.4, 0.5) is 27.6 Å². The summed E-state index contributed by atoms with van der Waals surface area (Å²) >= 11 is 0. The van der Waals surface area contributed by atoms with Gasteiger partial charge >= 0.3 is 12.1 Å². The minimum Gasteiger partial charge on any atom is -0.618 e. The molecule has 1 aromatic heterocycles. The van der Waals surface area contributed by atoms with Gasteiger partial charge in [0, 0.05) is 29.5 Å². The monoisotopic (exact) mass is 489 g/mol. The molecule has 2 heterocycles.